The van der Waals surface area contributed by atoms with Crippen LogP contribution in [0.1, 0.15) is 0 Å². The Morgan fingerprint density at radius 2 is 1.38 bits per heavy atom. The fourth-order valence-electron chi connectivity index (χ4n) is 1.27. The summed E-state index contributed by atoms with van der Waals surface area (Å²) in [5.41, 5.74) is 1.31. The lowest BCUT2D eigenvalue weighted by atomic mass is 10.2. The molecule has 0 spiro atoms. The highest BCUT2D eigenvalue weighted by atomic mass is 32.1. The topological polar surface area (TPSA) is 0 Å². The van der Waals surface area contributed by atoms with E-state index < -0.39 is 0 Å². The highest BCUT2D eigenvalue weighted by Crippen LogP contribution is 2.23. The van der Waals surface area contributed by atoms with Crippen LogP contribution in [0.3, 0.4) is 0 Å². The van der Waals surface area contributed by atoms with Crippen LogP contribution >= 0.6 is 22.7 Å². The predicted molar refractivity (Wildman–Crippen MR) is 74.1 cm³/mol. The van der Waals surface area contributed by atoms with E-state index in [0.29, 0.717) is 0 Å². The van der Waals surface area contributed by atoms with E-state index in [1.54, 1.807) is 22.7 Å². The van der Waals surface area contributed by atoms with E-state index in [4.69, 9.17) is 0 Å². The SMILES string of the molecule is c1ccc(-c2cccs2)cc1.c1ccsc1. The number of hydrogen-bond acceptors (Lipinski definition) is 2. The fraction of sp³-hybridized carbons (Fsp3) is 0. The van der Waals surface area contributed by atoms with Crippen molar-refractivity contribution in [1.82, 2.24) is 0 Å². The average molecular weight is 244 g/mol. The molecule has 1 aromatic carbocycles. The molecular weight excluding hydrogens is 232 g/mol. The van der Waals surface area contributed by atoms with Crippen molar-refractivity contribution < 1.29 is 0 Å². The number of benzene rings is 1. The van der Waals surface area contributed by atoms with Gasteiger partial charge in [0.05, 0.1) is 0 Å². The molecule has 3 aromatic rings. The van der Waals surface area contributed by atoms with Gasteiger partial charge in [-0.3, -0.25) is 0 Å². The van der Waals surface area contributed by atoms with Crippen LogP contribution in [-0.4, -0.2) is 0 Å². The van der Waals surface area contributed by atoms with Crippen molar-refractivity contribution in [1.29, 1.82) is 0 Å². The molecule has 80 valence electrons. The monoisotopic (exact) mass is 244 g/mol. The molecule has 3 rings (SSSR count). The summed E-state index contributed by atoms with van der Waals surface area (Å²) in [4.78, 5) is 1.34. The molecular formula is C14H12S2. The minimum Gasteiger partial charge on any atom is -0.152 e. The van der Waals surface area contributed by atoms with Crippen molar-refractivity contribution in [2.75, 3.05) is 0 Å². The first-order valence-corrected chi connectivity index (χ1v) is 6.85. The lowest BCUT2D eigenvalue weighted by Crippen LogP contribution is -1.67. The predicted octanol–water partition coefficient (Wildman–Crippen LogP) is 5.16. The summed E-state index contributed by atoms with van der Waals surface area (Å²) in [6.07, 6.45) is 0. The molecule has 0 aliphatic carbocycles. The Morgan fingerprint density at radius 3 is 1.88 bits per heavy atom. The summed E-state index contributed by atoms with van der Waals surface area (Å²) in [6.45, 7) is 0. The first kappa shape index (κ1) is 11.1. The second-order valence-corrected chi connectivity index (χ2v) is 4.90. The van der Waals surface area contributed by atoms with Crippen molar-refractivity contribution in [3.8, 4) is 10.4 Å². The van der Waals surface area contributed by atoms with E-state index in [9.17, 15) is 0 Å². The Hall–Kier alpha value is -1.38. The zero-order valence-corrected chi connectivity index (χ0v) is 10.4. The van der Waals surface area contributed by atoms with Crippen LogP contribution in [-0.2, 0) is 0 Å². The van der Waals surface area contributed by atoms with E-state index in [2.05, 4.69) is 41.8 Å². The molecule has 0 bridgehead atoms. The summed E-state index contributed by atoms with van der Waals surface area (Å²) in [5.74, 6) is 0. The maximum absolute atomic E-state index is 2.14. The van der Waals surface area contributed by atoms with Crippen LogP contribution in [0.25, 0.3) is 10.4 Å². The maximum Gasteiger partial charge on any atom is 0.0342 e. The standard InChI is InChI=1S/C10H8S.C4H4S/c1-2-5-9(6-3-1)10-7-4-8-11-10;1-2-4-5-3-1/h1-8H;1-4H. The van der Waals surface area contributed by atoms with Crippen molar-refractivity contribution >= 4 is 22.7 Å². The number of hydrogen-bond donors (Lipinski definition) is 0. The smallest absolute Gasteiger partial charge is 0.0342 e. The van der Waals surface area contributed by atoms with Gasteiger partial charge in [0, 0.05) is 4.88 Å². The van der Waals surface area contributed by atoms with Crippen LogP contribution < -0.4 is 0 Å². The molecule has 0 nitrogen and oxygen atoms in total. The Morgan fingerprint density at radius 1 is 0.625 bits per heavy atom. The van der Waals surface area contributed by atoms with E-state index in [0.717, 1.165) is 0 Å². The molecule has 2 heteroatoms. The number of rotatable bonds is 1. The van der Waals surface area contributed by atoms with Crippen LogP contribution in [0.2, 0.25) is 0 Å². The van der Waals surface area contributed by atoms with Crippen molar-refractivity contribution in [2.45, 2.75) is 0 Å². The first-order chi connectivity index (χ1) is 7.97. The second-order valence-electron chi connectivity index (χ2n) is 3.14. The Bertz CT molecular complexity index is 449. The van der Waals surface area contributed by atoms with Gasteiger partial charge in [0.1, 0.15) is 0 Å². The molecule has 0 aliphatic rings. The third-order valence-corrected chi connectivity index (χ3v) is 3.55. The van der Waals surface area contributed by atoms with Crippen LogP contribution in [0.5, 0.6) is 0 Å². The molecule has 16 heavy (non-hydrogen) atoms. The van der Waals surface area contributed by atoms with Crippen LogP contribution in [0.15, 0.2) is 70.7 Å². The molecule has 0 atom stereocenters. The Kier molecular flexibility index (Phi) is 4.35. The van der Waals surface area contributed by atoms with E-state index in [1.807, 2.05) is 29.0 Å². The normalized spacial score (nSPS) is 9.25. The van der Waals surface area contributed by atoms with Gasteiger partial charge in [-0.15, -0.1) is 11.3 Å². The Balaban J connectivity index is 0.000000162. The molecule has 2 heterocycles. The third kappa shape index (κ3) is 3.33. The van der Waals surface area contributed by atoms with Gasteiger partial charge in [0.2, 0.25) is 0 Å². The van der Waals surface area contributed by atoms with Crippen LogP contribution in [0.4, 0.5) is 0 Å². The minimum absolute atomic E-state index is 1.31. The molecule has 0 N–H and O–H groups in total. The largest absolute Gasteiger partial charge is 0.152 e. The fourth-order valence-corrected chi connectivity index (χ4v) is 2.46. The first-order valence-electron chi connectivity index (χ1n) is 5.03. The molecule has 0 saturated heterocycles. The summed E-state index contributed by atoms with van der Waals surface area (Å²) in [5, 5.41) is 6.18. The van der Waals surface area contributed by atoms with Gasteiger partial charge in [-0.1, -0.05) is 48.5 Å². The molecule has 0 radical (unpaired) electrons. The lowest BCUT2D eigenvalue weighted by Gasteiger charge is -1.93. The van der Waals surface area contributed by atoms with E-state index >= 15 is 0 Å². The number of thiophene rings is 2. The maximum atomic E-state index is 2.14. The third-order valence-electron chi connectivity index (χ3n) is 2.00. The summed E-state index contributed by atoms with van der Waals surface area (Å²) in [6, 6.07) is 18.7. The summed E-state index contributed by atoms with van der Waals surface area (Å²) >= 11 is 3.49. The van der Waals surface area contributed by atoms with Gasteiger partial charge in [0.25, 0.3) is 0 Å². The minimum atomic E-state index is 1.31. The van der Waals surface area contributed by atoms with Crippen molar-refractivity contribution in [3.05, 3.63) is 70.7 Å². The molecule has 0 saturated carbocycles. The summed E-state index contributed by atoms with van der Waals surface area (Å²) < 4.78 is 0. The molecule has 0 fully saturated rings. The van der Waals surface area contributed by atoms with E-state index in [1.165, 1.54) is 10.4 Å². The lowest BCUT2D eigenvalue weighted by molar-refractivity contribution is 1.70. The van der Waals surface area contributed by atoms with E-state index in [-0.39, 0.29) is 0 Å². The van der Waals surface area contributed by atoms with Crippen molar-refractivity contribution in [2.24, 2.45) is 0 Å². The molecule has 0 aliphatic heterocycles. The molecule has 0 amide bonds. The second kappa shape index (κ2) is 6.26. The zero-order chi connectivity index (χ0) is 11.1. The quantitative estimate of drug-likeness (QED) is 0.554. The van der Waals surface area contributed by atoms with Crippen molar-refractivity contribution in [3.63, 3.8) is 0 Å². The zero-order valence-electron chi connectivity index (χ0n) is 8.74. The van der Waals surface area contributed by atoms with Gasteiger partial charge < -0.3 is 0 Å². The van der Waals surface area contributed by atoms with Gasteiger partial charge in [-0.2, -0.15) is 11.3 Å². The van der Waals surface area contributed by atoms with Gasteiger partial charge >= 0.3 is 0 Å². The summed E-state index contributed by atoms with van der Waals surface area (Å²) in [7, 11) is 0. The Labute approximate surface area is 104 Å². The molecule has 2 aromatic heterocycles. The van der Waals surface area contributed by atoms with Gasteiger partial charge in [-0.25, -0.2) is 0 Å². The van der Waals surface area contributed by atoms with Gasteiger partial charge in [0.15, 0.2) is 0 Å². The highest BCUT2D eigenvalue weighted by Gasteiger charge is 1.93. The highest BCUT2D eigenvalue weighted by molar-refractivity contribution is 7.13. The average Bonchev–Trinajstić information content (AvgIpc) is 3.07. The van der Waals surface area contributed by atoms with Gasteiger partial charge in [-0.05, 0) is 27.8 Å². The molecule has 0 unspecified atom stereocenters. The van der Waals surface area contributed by atoms with Crippen LogP contribution in [0, 0.1) is 0 Å².